The van der Waals surface area contributed by atoms with Crippen molar-refractivity contribution in [3.63, 3.8) is 0 Å². The molecule has 1 aliphatic rings. The fraction of sp³-hybridized carbons (Fsp3) is 0.524. The van der Waals surface area contributed by atoms with Gasteiger partial charge in [0.25, 0.3) is 0 Å². The van der Waals surface area contributed by atoms with Crippen LogP contribution in [0.5, 0.6) is 5.75 Å². The van der Waals surface area contributed by atoms with E-state index in [-0.39, 0.29) is 18.1 Å². The Labute approximate surface area is 162 Å². The maximum atomic E-state index is 12.2. The second kappa shape index (κ2) is 7.31. The molecule has 1 aliphatic heterocycles. The highest BCUT2D eigenvalue weighted by Crippen LogP contribution is 2.36. The summed E-state index contributed by atoms with van der Waals surface area (Å²) in [5, 5.41) is 21.3. The van der Waals surface area contributed by atoms with E-state index >= 15 is 0 Å². The van der Waals surface area contributed by atoms with Gasteiger partial charge in [0.15, 0.2) is 0 Å². The maximum absolute atomic E-state index is 12.2. The van der Waals surface area contributed by atoms with Gasteiger partial charge in [-0.25, -0.2) is 4.79 Å². The summed E-state index contributed by atoms with van der Waals surface area (Å²) in [6.07, 6.45) is -3.27. The molecule has 0 aliphatic carbocycles. The van der Waals surface area contributed by atoms with Crippen molar-refractivity contribution in [2.45, 2.75) is 65.1 Å². The number of aryl methyl sites for hydroxylation is 1. The topological polar surface area (TPSA) is 106 Å². The van der Waals surface area contributed by atoms with E-state index in [1.807, 2.05) is 13.8 Å². The lowest BCUT2D eigenvalue weighted by molar-refractivity contribution is -0.285. The van der Waals surface area contributed by atoms with Crippen molar-refractivity contribution in [3.8, 4) is 5.75 Å². The van der Waals surface area contributed by atoms with Crippen molar-refractivity contribution in [1.82, 2.24) is 0 Å². The van der Waals surface area contributed by atoms with Crippen LogP contribution in [0.2, 0.25) is 0 Å². The van der Waals surface area contributed by atoms with Crippen LogP contribution < -0.4 is 10.4 Å². The minimum atomic E-state index is -1.22. The summed E-state index contributed by atoms with van der Waals surface area (Å²) in [5.74, 6) is -0.0310. The molecule has 0 radical (unpaired) electrons. The summed E-state index contributed by atoms with van der Waals surface area (Å²) in [7, 11) is 0. The lowest BCUT2D eigenvalue weighted by Crippen LogP contribution is -2.59. The standard InChI is InChI=1S/C21H26O7/c1-10(22)8-14-9-13-6-7-15(11(2)18(13)27-19(14)25)26-20-17(24)16(23)12(3)21(4,5)28-20/h6-7,9,12,16-17,20,23-24H,8H2,1-5H3/t12?,16-,17?,20+/m0/s1. The summed E-state index contributed by atoms with van der Waals surface area (Å²) in [4.78, 5) is 23.5. The SMILES string of the molecule is CC(=O)Cc1cc2ccc(O[C@@H]3OC(C)(C)C(C)[C@H](O)C3O)c(C)c2oc1=O. The van der Waals surface area contributed by atoms with Crippen molar-refractivity contribution in [3.05, 3.63) is 39.7 Å². The van der Waals surface area contributed by atoms with E-state index in [0.29, 0.717) is 27.8 Å². The zero-order valence-electron chi connectivity index (χ0n) is 16.7. The molecule has 2 aromatic rings. The molecule has 0 spiro atoms. The molecule has 4 atom stereocenters. The molecule has 7 heteroatoms. The molecule has 1 aromatic heterocycles. The van der Waals surface area contributed by atoms with Crippen molar-refractivity contribution >= 4 is 16.8 Å². The van der Waals surface area contributed by atoms with Gasteiger partial charge >= 0.3 is 5.63 Å². The zero-order valence-corrected chi connectivity index (χ0v) is 16.7. The van der Waals surface area contributed by atoms with Crippen molar-refractivity contribution in [2.24, 2.45) is 5.92 Å². The van der Waals surface area contributed by atoms with Crippen LogP contribution >= 0.6 is 0 Å². The summed E-state index contributed by atoms with van der Waals surface area (Å²) >= 11 is 0. The molecule has 0 bridgehead atoms. The van der Waals surface area contributed by atoms with Gasteiger partial charge in [-0.1, -0.05) is 6.92 Å². The first-order chi connectivity index (χ1) is 13.0. The first-order valence-electron chi connectivity index (χ1n) is 9.27. The number of hydrogen-bond donors (Lipinski definition) is 2. The molecule has 2 heterocycles. The Hall–Kier alpha value is -2.22. The Kier molecular flexibility index (Phi) is 5.36. The number of carbonyl (C=O) groups excluding carboxylic acids is 1. The predicted molar refractivity (Wildman–Crippen MR) is 102 cm³/mol. The molecule has 7 nitrogen and oxygen atoms in total. The molecule has 152 valence electrons. The second-order valence-corrected chi connectivity index (χ2v) is 8.02. The average molecular weight is 390 g/mol. The third-order valence-corrected chi connectivity index (χ3v) is 5.51. The van der Waals surface area contributed by atoms with E-state index < -0.39 is 29.7 Å². The number of fused-ring (bicyclic) bond motifs is 1. The highest BCUT2D eigenvalue weighted by Gasteiger charge is 2.47. The van der Waals surface area contributed by atoms with Crippen LogP contribution in [-0.2, 0) is 16.0 Å². The van der Waals surface area contributed by atoms with Crippen LogP contribution in [0.15, 0.2) is 27.4 Å². The van der Waals surface area contributed by atoms with E-state index in [2.05, 4.69) is 0 Å². The van der Waals surface area contributed by atoms with Gasteiger partial charge in [-0.2, -0.15) is 0 Å². The van der Waals surface area contributed by atoms with E-state index in [9.17, 15) is 19.8 Å². The van der Waals surface area contributed by atoms with E-state index in [1.165, 1.54) is 6.92 Å². The van der Waals surface area contributed by atoms with Crippen LogP contribution in [0.4, 0.5) is 0 Å². The summed E-state index contributed by atoms with van der Waals surface area (Å²) in [6.45, 7) is 8.60. The third-order valence-electron chi connectivity index (χ3n) is 5.51. The molecule has 1 aromatic carbocycles. The summed E-state index contributed by atoms with van der Waals surface area (Å²) in [5.41, 5.74) is -0.0541. The molecular weight excluding hydrogens is 364 g/mol. The van der Waals surface area contributed by atoms with Crippen LogP contribution in [0.3, 0.4) is 0 Å². The minimum Gasteiger partial charge on any atom is -0.462 e. The first-order valence-corrected chi connectivity index (χ1v) is 9.27. The molecule has 1 fully saturated rings. The Morgan fingerprint density at radius 3 is 2.57 bits per heavy atom. The first kappa shape index (κ1) is 20.5. The molecule has 0 amide bonds. The van der Waals surface area contributed by atoms with Crippen molar-refractivity contribution < 1.29 is 28.9 Å². The average Bonchev–Trinajstić information content (AvgIpc) is 2.61. The number of hydrogen-bond acceptors (Lipinski definition) is 7. The number of aliphatic hydroxyl groups excluding tert-OH is 2. The number of aliphatic hydroxyl groups is 2. The van der Waals surface area contributed by atoms with Gasteiger partial charge in [0.1, 0.15) is 23.2 Å². The smallest absolute Gasteiger partial charge is 0.339 e. The molecule has 28 heavy (non-hydrogen) atoms. The number of ketones is 1. The maximum Gasteiger partial charge on any atom is 0.339 e. The van der Waals surface area contributed by atoms with Crippen molar-refractivity contribution in [1.29, 1.82) is 0 Å². The normalized spacial score (nSPS) is 27.0. The van der Waals surface area contributed by atoms with E-state index in [1.54, 1.807) is 32.0 Å². The van der Waals surface area contributed by atoms with Crippen LogP contribution in [0, 0.1) is 12.8 Å². The van der Waals surface area contributed by atoms with Crippen LogP contribution in [0.25, 0.3) is 11.0 Å². The van der Waals surface area contributed by atoms with Gasteiger partial charge in [-0.3, -0.25) is 4.79 Å². The number of Topliss-reactive ketones (excluding diaryl/α,β-unsaturated/α-hetero) is 1. The number of rotatable bonds is 4. The van der Waals surface area contributed by atoms with Crippen LogP contribution in [0.1, 0.15) is 38.8 Å². The monoisotopic (exact) mass is 390 g/mol. The molecule has 2 unspecified atom stereocenters. The third kappa shape index (κ3) is 3.70. The number of ether oxygens (including phenoxy) is 2. The Bertz CT molecular complexity index is 959. The Balaban J connectivity index is 1.95. The van der Waals surface area contributed by atoms with Gasteiger partial charge in [-0.05, 0) is 45.9 Å². The summed E-state index contributed by atoms with van der Waals surface area (Å²) < 4.78 is 17.1. The summed E-state index contributed by atoms with van der Waals surface area (Å²) in [6, 6.07) is 5.03. The van der Waals surface area contributed by atoms with Gasteiger partial charge in [0.05, 0.1) is 11.7 Å². The predicted octanol–water partition coefficient (Wildman–Crippen LogP) is 2.10. The highest BCUT2D eigenvalue weighted by atomic mass is 16.7. The van der Waals surface area contributed by atoms with E-state index in [4.69, 9.17) is 13.9 Å². The molecule has 1 saturated heterocycles. The molecular formula is C21H26O7. The number of carbonyl (C=O) groups is 1. The van der Waals surface area contributed by atoms with Crippen LogP contribution in [-0.4, -0.2) is 40.1 Å². The fourth-order valence-corrected chi connectivity index (χ4v) is 3.43. The van der Waals surface area contributed by atoms with Crippen molar-refractivity contribution in [2.75, 3.05) is 0 Å². The minimum absolute atomic E-state index is 0.0167. The quantitative estimate of drug-likeness (QED) is 0.770. The molecule has 2 N–H and O–H groups in total. The lowest BCUT2D eigenvalue weighted by Gasteiger charge is -2.46. The Morgan fingerprint density at radius 1 is 1.25 bits per heavy atom. The van der Waals surface area contributed by atoms with Gasteiger partial charge < -0.3 is 24.1 Å². The zero-order chi connectivity index (χ0) is 20.8. The lowest BCUT2D eigenvalue weighted by atomic mass is 9.82. The molecule has 3 rings (SSSR count). The largest absolute Gasteiger partial charge is 0.462 e. The van der Waals surface area contributed by atoms with Gasteiger partial charge in [0, 0.05) is 28.9 Å². The number of benzene rings is 1. The van der Waals surface area contributed by atoms with E-state index in [0.717, 1.165) is 0 Å². The molecule has 0 saturated carbocycles. The van der Waals surface area contributed by atoms with Gasteiger partial charge in [0.2, 0.25) is 6.29 Å². The highest BCUT2D eigenvalue weighted by molar-refractivity contribution is 5.84. The van der Waals surface area contributed by atoms with Gasteiger partial charge in [-0.15, -0.1) is 0 Å². The Morgan fingerprint density at radius 2 is 1.93 bits per heavy atom. The fourth-order valence-electron chi connectivity index (χ4n) is 3.43. The second-order valence-electron chi connectivity index (χ2n) is 8.02.